The molecule has 0 radical (unpaired) electrons. The van der Waals surface area contributed by atoms with Crippen molar-refractivity contribution in [2.75, 3.05) is 7.11 Å². The zero-order valence-corrected chi connectivity index (χ0v) is 30.7. The van der Waals surface area contributed by atoms with Crippen LogP contribution in [0.1, 0.15) is 64.6 Å². The van der Waals surface area contributed by atoms with E-state index in [0.717, 1.165) is 79.8 Å². The van der Waals surface area contributed by atoms with Gasteiger partial charge in [-0.05, 0) is 79.7 Å². The van der Waals surface area contributed by atoms with Crippen LogP contribution in [0.25, 0.3) is 17.4 Å². The van der Waals surface area contributed by atoms with Crippen molar-refractivity contribution >= 4 is 40.5 Å². The van der Waals surface area contributed by atoms with Crippen molar-refractivity contribution in [3.8, 4) is 0 Å². The third kappa shape index (κ3) is 4.70. The molecule has 0 amide bonds. The summed E-state index contributed by atoms with van der Waals surface area (Å²) in [5, 5.41) is 14.8. The number of rotatable bonds is 5. The van der Waals surface area contributed by atoms with Crippen LogP contribution in [0, 0.1) is 18.8 Å². The van der Waals surface area contributed by atoms with Crippen LogP contribution >= 0.6 is 0 Å². The van der Waals surface area contributed by atoms with Crippen molar-refractivity contribution in [2.24, 2.45) is 26.8 Å². The number of carbonyl (C=O) groups is 1. The summed E-state index contributed by atoms with van der Waals surface area (Å²) >= 11 is 0. The Labute approximate surface area is 266 Å². The molecule has 0 aromatic carbocycles. The molecule has 0 saturated heterocycles. The summed E-state index contributed by atoms with van der Waals surface area (Å²) in [7, 11) is 1.41. The number of hydrogen-bond acceptors (Lipinski definition) is 6. The number of allylic oxidation sites excluding steroid dienone is 7. The zero-order valence-electron chi connectivity index (χ0n) is 25.2. The minimum atomic E-state index is -0.257. The zero-order chi connectivity index (χ0) is 29.2. The van der Waals surface area contributed by atoms with Crippen molar-refractivity contribution < 1.29 is 42.3 Å². The van der Waals surface area contributed by atoms with Gasteiger partial charge in [0.25, 0.3) is 0 Å². The second-order valence-corrected chi connectivity index (χ2v) is 11.3. The molecule has 8 bridgehead atoms. The molecule has 8 heteroatoms. The largest absolute Gasteiger partial charge is 2.00 e. The van der Waals surface area contributed by atoms with Crippen molar-refractivity contribution in [3.63, 3.8) is 0 Å². The van der Waals surface area contributed by atoms with Crippen molar-refractivity contribution in [3.05, 3.63) is 86.0 Å². The SMILES string of the molecule is C=CC1=C(C)C2=NC1=CC1=NC(=Cc3[n-]c4c(c3C)=C([O-])CC=4C3=NC(=C2)C(C)C3CCC(=O)OC)C(CC)=C1C.[Hg+2]. The van der Waals surface area contributed by atoms with E-state index in [1.165, 1.54) is 7.11 Å². The van der Waals surface area contributed by atoms with Gasteiger partial charge < -0.3 is 14.8 Å². The van der Waals surface area contributed by atoms with Crippen LogP contribution < -0.4 is 20.7 Å². The number of esters is 1. The van der Waals surface area contributed by atoms with Gasteiger partial charge in [0.1, 0.15) is 0 Å². The van der Waals surface area contributed by atoms with Crippen molar-refractivity contribution in [1.29, 1.82) is 0 Å². The van der Waals surface area contributed by atoms with Gasteiger partial charge in [0.05, 0.1) is 29.9 Å². The molecule has 1 aliphatic carbocycles. The van der Waals surface area contributed by atoms with E-state index < -0.39 is 0 Å². The average Bonchev–Trinajstić information content (AvgIpc) is 3.70. The second kappa shape index (κ2) is 11.4. The number of methoxy groups -OCH3 is 1. The third-order valence-electron chi connectivity index (χ3n) is 9.08. The Kier molecular flexibility index (Phi) is 8.18. The molecular weight excluding hydrogens is 713 g/mol. The molecule has 4 aliphatic heterocycles. The number of fused-ring (bicyclic) bond motifs is 5. The van der Waals surface area contributed by atoms with E-state index >= 15 is 0 Å². The number of carbonyl (C=O) groups excluding carboxylic acids is 1. The van der Waals surface area contributed by atoms with Gasteiger partial charge in [-0.2, -0.15) is 0 Å². The minimum absolute atomic E-state index is 0. The van der Waals surface area contributed by atoms with Crippen molar-refractivity contribution in [2.45, 2.75) is 60.3 Å². The van der Waals surface area contributed by atoms with Gasteiger partial charge >= 0.3 is 33.6 Å². The molecule has 2 unspecified atom stereocenters. The molecule has 1 aromatic rings. The normalized spacial score (nSPS) is 22.4. The molecular formula is C34H34HgN4O3. The van der Waals surface area contributed by atoms with Gasteiger partial charge in [0, 0.05) is 35.2 Å². The predicted octanol–water partition coefficient (Wildman–Crippen LogP) is 3.89. The molecule has 7 nitrogen and oxygen atoms in total. The van der Waals surface area contributed by atoms with Crippen LogP contribution in [0.15, 0.2) is 79.2 Å². The van der Waals surface area contributed by atoms with Gasteiger partial charge in [0.15, 0.2) is 0 Å². The number of aromatic nitrogens is 1. The van der Waals surface area contributed by atoms with Crippen LogP contribution in [0.2, 0.25) is 0 Å². The second-order valence-electron chi connectivity index (χ2n) is 11.3. The van der Waals surface area contributed by atoms with E-state index in [9.17, 15) is 9.90 Å². The molecule has 42 heavy (non-hydrogen) atoms. The third-order valence-corrected chi connectivity index (χ3v) is 9.08. The number of hydrogen-bond donors (Lipinski definition) is 0. The number of ether oxygens (including phenoxy) is 1. The fraction of sp³-hybridized carbons (Fsp3) is 0.353. The Hall–Kier alpha value is -3.32. The summed E-state index contributed by atoms with van der Waals surface area (Å²) < 4.78 is 4.95. The smallest absolute Gasteiger partial charge is 0.875 e. The first-order chi connectivity index (χ1) is 19.7. The van der Waals surface area contributed by atoms with E-state index in [1.54, 1.807) is 0 Å². The van der Waals surface area contributed by atoms with Crippen LogP contribution in [0.4, 0.5) is 0 Å². The maximum Gasteiger partial charge on any atom is 2.00 e. The van der Waals surface area contributed by atoms with Gasteiger partial charge in [-0.1, -0.05) is 38.1 Å². The molecule has 6 rings (SSSR count). The van der Waals surface area contributed by atoms with Crippen LogP contribution in [0.3, 0.4) is 0 Å². The van der Waals surface area contributed by atoms with Gasteiger partial charge in [-0.3, -0.25) is 9.79 Å². The molecule has 5 heterocycles. The molecule has 0 N–H and O–H groups in total. The monoisotopic (exact) mass is 748 g/mol. The maximum atomic E-state index is 13.4. The summed E-state index contributed by atoms with van der Waals surface area (Å²) in [6.07, 6.45) is 9.87. The van der Waals surface area contributed by atoms with Gasteiger partial charge in [0.2, 0.25) is 0 Å². The summed E-state index contributed by atoms with van der Waals surface area (Å²) in [5.41, 5.74) is 11.9. The Morgan fingerprint density at radius 1 is 1.12 bits per heavy atom. The molecule has 5 aliphatic rings. The van der Waals surface area contributed by atoms with Crippen LogP contribution in [-0.2, 0) is 37.2 Å². The van der Waals surface area contributed by atoms with Crippen LogP contribution in [-0.4, -0.2) is 30.2 Å². The summed E-state index contributed by atoms with van der Waals surface area (Å²) in [6.45, 7) is 14.4. The fourth-order valence-corrected chi connectivity index (χ4v) is 6.64. The van der Waals surface area contributed by atoms with E-state index in [4.69, 9.17) is 24.7 Å². The standard InChI is InChI=1S/C34H35N4O3.Hg/c1-8-20-16(3)24-13-26-18(5)22(10-11-31(40)41-7)33(37-26)23-12-30(39)32-19(6)27(38-34(23)32)15-29-21(9-2)17(4)25(36-29)14-28(20)35-24;/h8,13-15,18,22H,1,9-12H2,2-7H3,(H-,35,36,37,38,39);/q-1;+2/p-1. The topological polar surface area (TPSA) is 101 Å². The first-order valence-corrected chi connectivity index (χ1v) is 14.3. The summed E-state index contributed by atoms with van der Waals surface area (Å²) in [6, 6.07) is 0. The Morgan fingerprint density at radius 2 is 1.83 bits per heavy atom. The van der Waals surface area contributed by atoms with Gasteiger partial charge in [-0.15, -0.1) is 16.8 Å². The quantitative estimate of drug-likeness (QED) is 0.338. The molecule has 2 atom stereocenters. The van der Waals surface area contributed by atoms with E-state index in [2.05, 4.69) is 34.3 Å². The maximum absolute atomic E-state index is 13.4. The van der Waals surface area contributed by atoms with Crippen LogP contribution in [0.5, 0.6) is 0 Å². The molecule has 0 fully saturated rings. The molecule has 1 aromatic heterocycles. The molecule has 210 valence electrons. The number of aliphatic imine (C=N–C) groups is 3. The Balaban J connectivity index is 0.00000353. The first-order valence-electron chi connectivity index (χ1n) is 14.3. The summed E-state index contributed by atoms with van der Waals surface area (Å²) in [4.78, 5) is 32.4. The van der Waals surface area contributed by atoms with Gasteiger partial charge in [-0.25, -0.2) is 9.98 Å². The number of nitrogens with zero attached hydrogens (tertiary/aromatic N) is 4. The minimum Gasteiger partial charge on any atom is -0.875 e. The first kappa shape index (κ1) is 30.1. The fourth-order valence-electron chi connectivity index (χ4n) is 6.64. The summed E-state index contributed by atoms with van der Waals surface area (Å²) in [5.74, 6) is -0.233. The molecule has 0 saturated carbocycles. The predicted molar refractivity (Wildman–Crippen MR) is 161 cm³/mol. The Morgan fingerprint density at radius 3 is 2.52 bits per heavy atom. The van der Waals surface area contributed by atoms with E-state index in [1.807, 2.05) is 31.2 Å². The van der Waals surface area contributed by atoms with Crippen molar-refractivity contribution in [1.82, 2.24) is 4.98 Å². The average molecular weight is 747 g/mol. The van der Waals surface area contributed by atoms with E-state index in [0.29, 0.717) is 17.0 Å². The Bertz CT molecular complexity index is 1820. The molecule has 0 spiro atoms. The van der Waals surface area contributed by atoms with E-state index in [-0.39, 0.29) is 64.1 Å².